The quantitative estimate of drug-likeness (QED) is 0.732. The van der Waals surface area contributed by atoms with Crippen molar-refractivity contribution in [1.29, 1.82) is 0 Å². The SMILES string of the molecule is O=C(O)c1c(NCC(F)(F)F)[nH]ccc1=O. The molecule has 0 unspecified atom stereocenters. The van der Waals surface area contributed by atoms with E-state index in [-0.39, 0.29) is 0 Å². The minimum absolute atomic E-state index is 0.461. The van der Waals surface area contributed by atoms with Crippen LogP contribution in [0.5, 0.6) is 0 Å². The van der Waals surface area contributed by atoms with Gasteiger partial charge in [-0.15, -0.1) is 0 Å². The van der Waals surface area contributed by atoms with Crippen LogP contribution in [0.25, 0.3) is 0 Å². The first-order valence-electron chi connectivity index (χ1n) is 4.07. The van der Waals surface area contributed by atoms with Gasteiger partial charge < -0.3 is 15.4 Å². The van der Waals surface area contributed by atoms with E-state index in [4.69, 9.17) is 5.11 Å². The Bertz CT molecular complexity index is 453. The Morgan fingerprint density at radius 3 is 2.62 bits per heavy atom. The fourth-order valence-electron chi connectivity index (χ4n) is 1.02. The molecular weight excluding hydrogens is 229 g/mol. The molecule has 3 N–H and O–H groups in total. The summed E-state index contributed by atoms with van der Waals surface area (Å²) in [5.41, 5.74) is -1.61. The van der Waals surface area contributed by atoms with E-state index in [9.17, 15) is 22.8 Å². The molecule has 0 spiro atoms. The van der Waals surface area contributed by atoms with E-state index >= 15 is 0 Å². The molecule has 1 aromatic heterocycles. The summed E-state index contributed by atoms with van der Waals surface area (Å²) in [5, 5.41) is 10.4. The van der Waals surface area contributed by atoms with Crippen LogP contribution in [0.15, 0.2) is 17.1 Å². The third-order valence-electron chi connectivity index (χ3n) is 1.64. The highest BCUT2D eigenvalue weighted by Gasteiger charge is 2.28. The molecule has 0 atom stereocenters. The highest BCUT2D eigenvalue weighted by Crippen LogP contribution is 2.16. The second-order valence-corrected chi connectivity index (χ2v) is 2.87. The first-order chi connectivity index (χ1) is 7.31. The number of halogens is 3. The summed E-state index contributed by atoms with van der Waals surface area (Å²) in [5.74, 6) is -2.05. The highest BCUT2D eigenvalue weighted by molar-refractivity contribution is 5.92. The van der Waals surface area contributed by atoms with Crippen LogP contribution in [0.4, 0.5) is 19.0 Å². The van der Waals surface area contributed by atoms with Crippen molar-refractivity contribution >= 4 is 11.8 Å². The zero-order chi connectivity index (χ0) is 12.3. The molecule has 0 aliphatic heterocycles. The summed E-state index contributed by atoms with van der Waals surface area (Å²) in [6.45, 7) is -1.42. The van der Waals surface area contributed by atoms with Crippen LogP contribution in [0.1, 0.15) is 10.4 Å². The summed E-state index contributed by atoms with van der Waals surface area (Å²) in [6.07, 6.45) is -3.43. The van der Waals surface area contributed by atoms with Gasteiger partial charge in [0.1, 0.15) is 17.9 Å². The molecule has 88 valence electrons. The zero-order valence-electron chi connectivity index (χ0n) is 7.76. The number of nitrogens with one attached hydrogen (secondary N) is 2. The van der Waals surface area contributed by atoms with Crippen LogP contribution >= 0.6 is 0 Å². The molecular formula is C8H7F3N2O3. The van der Waals surface area contributed by atoms with Crippen molar-refractivity contribution in [2.45, 2.75) is 6.18 Å². The lowest BCUT2D eigenvalue weighted by Crippen LogP contribution is -2.25. The number of carboxylic acid groups (broad SMARTS) is 1. The van der Waals surface area contributed by atoms with Crippen LogP contribution in [0, 0.1) is 0 Å². The number of H-pyrrole nitrogens is 1. The number of hydrogen-bond donors (Lipinski definition) is 3. The van der Waals surface area contributed by atoms with E-state index in [0.717, 1.165) is 12.3 Å². The summed E-state index contributed by atoms with van der Waals surface area (Å²) >= 11 is 0. The number of carboxylic acids is 1. The van der Waals surface area contributed by atoms with Gasteiger partial charge in [-0.05, 0) is 0 Å². The Hall–Kier alpha value is -1.99. The lowest BCUT2D eigenvalue weighted by atomic mass is 10.2. The fraction of sp³-hybridized carbons (Fsp3) is 0.250. The minimum Gasteiger partial charge on any atom is -0.477 e. The topological polar surface area (TPSA) is 82.2 Å². The molecule has 0 aromatic carbocycles. The summed E-state index contributed by atoms with van der Waals surface area (Å²) in [4.78, 5) is 23.9. The van der Waals surface area contributed by atoms with Crippen molar-refractivity contribution in [3.63, 3.8) is 0 Å². The average Bonchev–Trinajstić information content (AvgIpc) is 2.12. The molecule has 0 saturated carbocycles. The molecule has 1 rings (SSSR count). The maximum atomic E-state index is 11.9. The number of anilines is 1. The van der Waals surface area contributed by atoms with Crippen molar-refractivity contribution in [1.82, 2.24) is 4.98 Å². The Balaban J connectivity index is 3.01. The van der Waals surface area contributed by atoms with E-state index in [2.05, 4.69) is 4.98 Å². The van der Waals surface area contributed by atoms with Gasteiger partial charge in [0.15, 0.2) is 5.43 Å². The standard InChI is InChI=1S/C8H7F3N2O3/c9-8(10,11)3-13-6-5(7(15)16)4(14)1-2-12-6/h1-2H,3H2,(H,15,16)(H2,12,13,14). The Morgan fingerprint density at radius 1 is 1.50 bits per heavy atom. The Labute approximate surface area is 86.9 Å². The molecule has 0 bridgehead atoms. The first kappa shape index (κ1) is 12.1. The van der Waals surface area contributed by atoms with Crippen LogP contribution in [0.2, 0.25) is 0 Å². The molecule has 0 aliphatic carbocycles. The molecule has 8 heteroatoms. The van der Waals surface area contributed by atoms with Crippen molar-refractivity contribution in [2.75, 3.05) is 11.9 Å². The van der Waals surface area contributed by atoms with Gasteiger partial charge >= 0.3 is 12.1 Å². The number of aromatic amines is 1. The van der Waals surface area contributed by atoms with E-state index < -0.39 is 35.5 Å². The molecule has 0 radical (unpaired) electrons. The van der Waals surface area contributed by atoms with Crippen LogP contribution in [-0.4, -0.2) is 28.8 Å². The molecule has 0 fully saturated rings. The number of aromatic nitrogens is 1. The third-order valence-corrected chi connectivity index (χ3v) is 1.64. The lowest BCUT2D eigenvalue weighted by molar-refractivity contribution is -0.115. The lowest BCUT2D eigenvalue weighted by Gasteiger charge is -2.10. The van der Waals surface area contributed by atoms with Gasteiger partial charge in [-0.1, -0.05) is 0 Å². The third kappa shape index (κ3) is 3.01. The van der Waals surface area contributed by atoms with E-state index in [1.165, 1.54) is 0 Å². The predicted octanol–water partition coefficient (Wildman–Crippen LogP) is 1.05. The molecule has 0 amide bonds. The van der Waals surface area contributed by atoms with E-state index in [1.54, 1.807) is 0 Å². The summed E-state index contributed by atoms with van der Waals surface area (Å²) in [7, 11) is 0. The van der Waals surface area contributed by atoms with Crippen LogP contribution < -0.4 is 10.7 Å². The maximum Gasteiger partial charge on any atom is 0.405 e. The highest BCUT2D eigenvalue weighted by atomic mass is 19.4. The van der Waals surface area contributed by atoms with Crippen molar-refractivity contribution in [3.8, 4) is 0 Å². The smallest absolute Gasteiger partial charge is 0.405 e. The second-order valence-electron chi connectivity index (χ2n) is 2.87. The van der Waals surface area contributed by atoms with Crippen LogP contribution in [0.3, 0.4) is 0 Å². The summed E-state index contributed by atoms with van der Waals surface area (Å²) in [6, 6.07) is 0.919. The van der Waals surface area contributed by atoms with E-state index in [0.29, 0.717) is 0 Å². The van der Waals surface area contributed by atoms with Gasteiger partial charge in [-0.2, -0.15) is 13.2 Å². The monoisotopic (exact) mass is 236 g/mol. The molecule has 5 nitrogen and oxygen atoms in total. The van der Waals surface area contributed by atoms with Crippen molar-refractivity contribution < 1.29 is 23.1 Å². The number of pyridine rings is 1. The fourth-order valence-corrected chi connectivity index (χ4v) is 1.02. The molecule has 1 aromatic rings. The zero-order valence-corrected chi connectivity index (χ0v) is 7.76. The molecule has 0 saturated heterocycles. The Kier molecular flexibility index (Phi) is 3.21. The normalized spacial score (nSPS) is 11.2. The number of hydrogen-bond acceptors (Lipinski definition) is 3. The number of carbonyl (C=O) groups is 1. The van der Waals surface area contributed by atoms with Crippen molar-refractivity contribution in [3.05, 3.63) is 28.0 Å². The van der Waals surface area contributed by atoms with Crippen LogP contribution in [-0.2, 0) is 0 Å². The molecule has 1 heterocycles. The number of aromatic carboxylic acids is 1. The van der Waals surface area contributed by atoms with Gasteiger partial charge in [0.2, 0.25) is 0 Å². The van der Waals surface area contributed by atoms with Gasteiger partial charge in [0.05, 0.1) is 0 Å². The number of alkyl halides is 3. The predicted molar refractivity (Wildman–Crippen MR) is 48.6 cm³/mol. The Morgan fingerprint density at radius 2 is 2.12 bits per heavy atom. The average molecular weight is 236 g/mol. The second kappa shape index (κ2) is 4.25. The molecule has 0 aliphatic rings. The van der Waals surface area contributed by atoms with Crippen molar-refractivity contribution in [2.24, 2.45) is 0 Å². The van der Waals surface area contributed by atoms with Gasteiger partial charge in [-0.3, -0.25) is 4.79 Å². The van der Waals surface area contributed by atoms with Gasteiger partial charge in [0.25, 0.3) is 0 Å². The first-order valence-corrected chi connectivity index (χ1v) is 4.07. The summed E-state index contributed by atoms with van der Waals surface area (Å²) < 4.78 is 35.6. The minimum atomic E-state index is -4.50. The van der Waals surface area contributed by atoms with Gasteiger partial charge in [0, 0.05) is 12.3 Å². The van der Waals surface area contributed by atoms with Gasteiger partial charge in [-0.25, -0.2) is 4.79 Å². The molecule has 16 heavy (non-hydrogen) atoms. The number of rotatable bonds is 3. The van der Waals surface area contributed by atoms with E-state index in [1.807, 2.05) is 5.32 Å². The largest absolute Gasteiger partial charge is 0.477 e. The maximum absolute atomic E-state index is 11.9.